The van der Waals surface area contributed by atoms with E-state index in [4.69, 9.17) is 21.1 Å². The van der Waals surface area contributed by atoms with Crippen LogP contribution in [-0.2, 0) is 9.59 Å². The van der Waals surface area contributed by atoms with Crippen molar-refractivity contribution in [3.05, 3.63) is 53.6 Å². The van der Waals surface area contributed by atoms with Gasteiger partial charge in [0, 0.05) is 29.7 Å². The molecule has 7 heteroatoms. The van der Waals surface area contributed by atoms with Crippen LogP contribution in [0.2, 0.25) is 5.02 Å². The lowest BCUT2D eigenvalue weighted by molar-refractivity contribution is -0.123. The quantitative estimate of drug-likeness (QED) is 0.607. The van der Waals surface area contributed by atoms with Crippen molar-refractivity contribution in [3.63, 3.8) is 0 Å². The van der Waals surface area contributed by atoms with Gasteiger partial charge in [0.05, 0.1) is 6.61 Å². The van der Waals surface area contributed by atoms with Crippen molar-refractivity contribution in [2.75, 3.05) is 25.1 Å². The zero-order valence-electron chi connectivity index (χ0n) is 15.2. The summed E-state index contributed by atoms with van der Waals surface area (Å²) in [7, 11) is 0. The Morgan fingerprint density at radius 1 is 1.00 bits per heavy atom. The van der Waals surface area contributed by atoms with Gasteiger partial charge in [0.1, 0.15) is 11.5 Å². The summed E-state index contributed by atoms with van der Waals surface area (Å²) < 4.78 is 11.0. The summed E-state index contributed by atoms with van der Waals surface area (Å²) in [5, 5.41) is 6.11. The summed E-state index contributed by atoms with van der Waals surface area (Å²) in [4.78, 5) is 23.5. The van der Waals surface area contributed by atoms with Crippen molar-refractivity contribution < 1.29 is 19.1 Å². The molecule has 0 atom stereocenters. The molecule has 0 aliphatic carbocycles. The standard InChI is InChI=1S/C20H23ClN2O4/c1-2-22-20(25)14-27-18-6-3-5-16(13-18)23-19(24)7-4-12-26-17-10-8-15(21)9-11-17/h3,5-6,8-11,13H,2,4,7,12,14H2,1H3,(H,22,25)(H,23,24). The maximum Gasteiger partial charge on any atom is 0.257 e. The van der Waals surface area contributed by atoms with Crippen molar-refractivity contribution in [2.24, 2.45) is 0 Å². The van der Waals surface area contributed by atoms with E-state index in [1.165, 1.54) is 0 Å². The number of amides is 2. The number of rotatable bonds is 10. The molecule has 2 N–H and O–H groups in total. The molecule has 0 aliphatic heterocycles. The van der Waals surface area contributed by atoms with E-state index < -0.39 is 0 Å². The van der Waals surface area contributed by atoms with Crippen LogP contribution in [0.15, 0.2) is 48.5 Å². The van der Waals surface area contributed by atoms with E-state index in [1.54, 1.807) is 48.5 Å². The second kappa shape index (κ2) is 11.1. The highest BCUT2D eigenvalue weighted by molar-refractivity contribution is 6.30. The largest absolute Gasteiger partial charge is 0.494 e. The second-order valence-corrected chi connectivity index (χ2v) is 6.16. The Balaban J connectivity index is 1.71. The Bertz CT molecular complexity index is 750. The maximum absolute atomic E-state index is 12.0. The zero-order chi connectivity index (χ0) is 19.5. The van der Waals surface area contributed by atoms with Gasteiger partial charge in [-0.25, -0.2) is 0 Å². The first kappa shape index (κ1) is 20.6. The summed E-state index contributed by atoms with van der Waals surface area (Å²) in [6.45, 7) is 2.77. The van der Waals surface area contributed by atoms with E-state index in [9.17, 15) is 9.59 Å². The molecular formula is C20H23ClN2O4. The minimum absolute atomic E-state index is 0.0622. The van der Waals surface area contributed by atoms with E-state index in [-0.39, 0.29) is 18.4 Å². The molecule has 0 heterocycles. The van der Waals surface area contributed by atoms with Crippen molar-refractivity contribution >= 4 is 29.1 Å². The molecule has 144 valence electrons. The summed E-state index contributed by atoms with van der Waals surface area (Å²) in [5.41, 5.74) is 0.618. The van der Waals surface area contributed by atoms with Crippen molar-refractivity contribution in [1.29, 1.82) is 0 Å². The third kappa shape index (κ3) is 8.00. The Hall–Kier alpha value is -2.73. The van der Waals surface area contributed by atoms with Crippen LogP contribution in [-0.4, -0.2) is 31.6 Å². The predicted molar refractivity (Wildman–Crippen MR) is 105 cm³/mol. The number of carbonyl (C=O) groups is 2. The number of ether oxygens (including phenoxy) is 2. The van der Waals surface area contributed by atoms with Gasteiger partial charge in [-0.2, -0.15) is 0 Å². The predicted octanol–water partition coefficient (Wildman–Crippen LogP) is 3.65. The minimum atomic E-state index is -0.187. The van der Waals surface area contributed by atoms with Crippen LogP contribution in [0, 0.1) is 0 Å². The highest BCUT2D eigenvalue weighted by atomic mass is 35.5. The molecule has 2 aromatic rings. The number of hydrogen-bond donors (Lipinski definition) is 2. The fraction of sp³-hybridized carbons (Fsp3) is 0.300. The first-order valence-corrected chi connectivity index (χ1v) is 9.12. The van der Waals surface area contributed by atoms with E-state index in [2.05, 4.69) is 10.6 Å². The number of benzene rings is 2. The molecule has 6 nitrogen and oxygen atoms in total. The van der Waals surface area contributed by atoms with Gasteiger partial charge in [-0.3, -0.25) is 9.59 Å². The van der Waals surface area contributed by atoms with E-state index >= 15 is 0 Å². The summed E-state index contributed by atoms with van der Waals surface area (Å²) >= 11 is 5.81. The topological polar surface area (TPSA) is 76.7 Å². The number of likely N-dealkylation sites (N-methyl/N-ethyl adjacent to an activating group) is 1. The van der Waals surface area contributed by atoms with Crippen LogP contribution >= 0.6 is 11.6 Å². The van der Waals surface area contributed by atoms with Crippen LogP contribution in [0.25, 0.3) is 0 Å². The van der Waals surface area contributed by atoms with Crippen LogP contribution in [0.4, 0.5) is 5.69 Å². The lowest BCUT2D eigenvalue weighted by Crippen LogP contribution is -2.28. The average molecular weight is 391 g/mol. The van der Waals surface area contributed by atoms with Gasteiger partial charge in [0.2, 0.25) is 5.91 Å². The molecule has 0 aliphatic rings. The molecule has 0 aromatic heterocycles. The zero-order valence-corrected chi connectivity index (χ0v) is 15.9. The summed E-state index contributed by atoms with van der Waals surface area (Å²) in [5.74, 6) is 0.935. The molecule has 0 unspecified atom stereocenters. The van der Waals surface area contributed by atoms with Crippen LogP contribution < -0.4 is 20.1 Å². The fourth-order valence-electron chi connectivity index (χ4n) is 2.24. The Kier molecular flexibility index (Phi) is 8.45. The highest BCUT2D eigenvalue weighted by Gasteiger charge is 2.05. The van der Waals surface area contributed by atoms with Gasteiger partial charge in [0.15, 0.2) is 6.61 Å². The molecule has 0 spiro atoms. The second-order valence-electron chi connectivity index (χ2n) is 5.72. The normalized spacial score (nSPS) is 10.1. The summed E-state index contributed by atoms with van der Waals surface area (Å²) in [6, 6.07) is 14.0. The highest BCUT2D eigenvalue weighted by Crippen LogP contribution is 2.18. The number of nitrogens with one attached hydrogen (secondary N) is 2. The lowest BCUT2D eigenvalue weighted by Gasteiger charge is -2.09. The van der Waals surface area contributed by atoms with Crippen LogP contribution in [0.5, 0.6) is 11.5 Å². The molecular weight excluding hydrogens is 368 g/mol. The third-order valence-electron chi connectivity index (χ3n) is 3.49. The molecule has 0 radical (unpaired) electrons. The Morgan fingerprint density at radius 2 is 1.78 bits per heavy atom. The van der Waals surface area contributed by atoms with Gasteiger partial charge in [-0.1, -0.05) is 17.7 Å². The molecule has 27 heavy (non-hydrogen) atoms. The van der Waals surface area contributed by atoms with Gasteiger partial charge in [-0.05, 0) is 49.7 Å². The molecule has 2 amide bonds. The molecule has 2 rings (SSSR count). The number of carbonyl (C=O) groups excluding carboxylic acids is 2. The number of hydrogen-bond acceptors (Lipinski definition) is 4. The first-order valence-electron chi connectivity index (χ1n) is 8.74. The Labute approximate surface area is 163 Å². The molecule has 0 saturated heterocycles. The molecule has 0 bridgehead atoms. The van der Waals surface area contributed by atoms with E-state index in [0.29, 0.717) is 42.5 Å². The first-order chi connectivity index (χ1) is 13.1. The number of halogens is 1. The monoisotopic (exact) mass is 390 g/mol. The fourth-order valence-corrected chi connectivity index (χ4v) is 2.36. The maximum atomic E-state index is 12.0. The van der Waals surface area contributed by atoms with Gasteiger partial charge >= 0.3 is 0 Å². The smallest absolute Gasteiger partial charge is 0.257 e. The lowest BCUT2D eigenvalue weighted by atomic mass is 10.2. The third-order valence-corrected chi connectivity index (χ3v) is 3.74. The number of anilines is 1. The van der Waals surface area contributed by atoms with E-state index in [1.807, 2.05) is 6.92 Å². The van der Waals surface area contributed by atoms with Crippen LogP contribution in [0.1, 0.15) is 19.8 Å². The van der Waals surface area contributed by atoms with Crippen molar-refractivity contribution in [2.45, 2.75) is 19.8 Å². The minimum Gasteiger partial charge on any atom is -0.494 e. The van der Waals surface area contributed by atoms with Crippen molar-refractivity contribution in [1.82, 2.24) is 5.32 Å². The van der Waals surface area contributed by atoms with Gasteiger partial charge < -0.3 is 20.1 Å². The van der Waals surface area contributed by atoms with Gasteiger partial charge in [0.25, 0.3) is 5.91 Å². The van der Waals surface area contributed by atoms with E-state index in [0.717, 1.165) is 5.75 Å². The SMILES string of the molecule is CCNC(=O)COc1cccc(NC(=O)CCCOc2ccc(Cl)cc2)c1. The Morgan fingerprint density at radius 3 is 2.52 bits per heavy atom. The molecule has 0 saturated carbocycles. The molecule has 2 aromatic carbocycles. The summed E-state index contributed by atoms with van der Waals surface area (Å²) in [6.07, 6.45) is 0.916. The van der Waals surface area contributed by atoms with Crippen LogP contribution in [0.3, 0.4) is 0 Å². The average Bonchev–Trinajstić information content (AvgIpc) is 2.65. The van der Waals surface area contributed by atoms with Crippen molar-refractivity contribution in [3.8, 4) is 11.5 Å². The van der Waals surface area contributed by atoms with Gasteiger partial charge in [-0.15, -0.1) is 0 Å². The molecule has 0 fully saturated rings.